The zero-order valence-electron chi connectivity index (χ0n) is 14.3. The summed E-state index contributed by atoms with van der Waals surface area (Å²) in [4.78, 5) is 21.5. The summed E-state index contributed by atoms with van der Waals surface area (Å²) in [5.74, 6) is 1.32. The molecule has 0 spiro atoms. The molecule has 0 radical (unpaired) electrons. The standard InChI is InChI=1S/C20H23N3O2/c24-16-8-9-19(21-14-16)22-10-12-23(13-11-22)20(25)18-7-3-5-15-4-1-2-6-17(15)18/h1-2,4,6,8-9,14,18,24H,3,5,7,10-13H2. The van der Waals surface area contributed by atoms with Crippen molar-refractivity contribution in [1.82, 2.24) is 9.88 Å². The van der Waals surface area contributed by atoms with Crippen LogP contribution in [0.15, 0.2) is 42.6 Å². The lowest BCUT2D eigenvalue weighted by Crippen LogP contribution is -2.50. The van der Waals surface area contributed by atoms with Crippen LogP contribution in [-0.2, 0) is 11.2 Å². The van der Waals surface area contributed by atoms with Crippen molar-refractivity contribution < 1.29 is 9.90 Å². The predicted molar refractivity (Wildman–Crippen MR) is 96.8 cm³/mol. The van der Waals surface area contributed by atoms with Crippen molar-refractivity contribution in [3.8, 4) is 5.75 Å². The molecule has 1 N–H and O–H groups in total. The van der Waals surface area contributed by atoms with E-state index in [4.69, 9.17) is 0 Å². The van der Waals surface area contributed by atoms with Crippen molar-refractivity contribution in [3.63, 3.8) is 0 Å². The van der Waals surface area contributed by atoms with Gasteiger partial charge in [0.2, 0.25) is 5.91 Å². The van der Waals surface area contributed by atoms with Crippen LogP contribution in [0.1, 0.15) is 29.9 Å². The molecule has 1 saturated heterocycles. The van der Waals surface area contributed by atoms with Gasteiger partial charge in [-0.25, -0.2) is 4.98 Å². The molecule has 1 aliphatic carbocycles. The van der Waals surface area contributed by atoms with Crippen LogP contribution in [0.3, 0.4) is 0 Å². The van der Waals surface area contributed by atoms with Gasteiger partial charge in [0.1, 0.15) is 11.6 Å². The fraction of sp³-hybridized carbons (Fsp3) is 0.400. The van der Waals surface area contributed by atoms with E-state index in [1.807, 2.05) is 17.0 Å². The Hall–Kier alpha value is -2.56. The normalized spacial score (nSPS) is 20.2. The first-order valence-corrected chi connectivity index (χ1v) is 8.99. The van der Waals surface area contributed by atoms with Gasteiger partial charge in [-0.1, -0.05) is 24.3 Å². The molecule has 1 atom stereocenters. The van der Waals surface area contributed by atoms with Gasteiger partial charge >= 0.3 is 0 Å². The third-order valence-corrected chi connectivity index (χ3v) is 5.32. The number of aromatic hydroxyl groups is 1. The number of pyridine rings is 1. The second-order valence-electron chi connectivity index (χ2n) is 6.83. The summed E-state index contributed by atoms with van der Waals surface area (Å²) in [5.41, 5.74) is 2.56. The van der Waals surface area contributed by atoms with Crippen LogP contribution in [0.2, 0.25) is 0 Å². The number of rotatable bonds is 2. The van der Waals surface area contributed by atoms with Crippen LogP contribution in [0.25, 0.3) is 0 Å². The quantitative estimate of drug-likeness (QED) is 0.915. The average Bonchev–Trinajstić information content (AvgIpc) is 2.68. The molecule has 2 aromatic rings. The lowest BCUT2D eigenvalue weighted by molar-refractivity contribution is -0.133. The fourth-order valence-corrected chi connectivity index (χ4v) is 3.95. The maximum Gasteiger partial charge on any atom is 0.230 e. The minimum atomic E-state index is 0.0169. The second-order valence-corrected chi connectivity index (χ2v) is 6.83. The highest BCUT2D eigenvalue weighted by molar-refractivity contribution is 5.84. The molecule has 1 unspecified atom stereocenters. The first-order chi connectivity index (χ1) is 12.2. The summed E-state index contributed by atoms with van der Waals surface area (Å²) in [6, 6.07) is 11.9. The molecule has 4 rings (SSSR count). The van der Waals surface area contributed by atoms with E-state index in [2.05, 4.69) is 28.1 Å². The number of benzene rings is 1. The number of amides is 1. The van der Waals surface area contributed by atoms with Gasteiger partial charge < -0.3 is 14.9 Å². The molecule has 1 aliphatic heterocycles. The van der Waals surface area contributed by atoms with Gasteiger partial charge in [0.15, 0.2) is 0 Å². The highest BCUT2D eigenvalue weighted by Crippen LogP contribution is 2.33. The molecule has 25 heavy (non-hydrogen) atoms. The van der Waals surface area contributed by atoms with E-state index in [1.54, 1.807) is 6.07 Å². The van der Waals surface area contributed by atoms with E-state index < -0.39 is 0 Å². The zero-order chi connectivity index (χ0) is 17.2. The number of hydrogen-bond acceptors (Lipinski definition) is 4. The van der Waals surface area contributed by atoms with E-state index in [1.165, 1.54) is 17.3 Å². The van der Waals surface area contributed by atoms with Crippen LogP contribution in [0, 0.1) is 0 Å². The van der Waals surface area contributed by atoms with Crippen molar-refractivity contribution in [1.29, 1.82) is 0 Å². The lowest BCUT2D eigenvalue weighted by Gasteiger charge is -2.38. The Labute approximate surface area is 147 Å². The number of carbonyl (C=O) groups excluding carboxylic acids is 1. The highest BCUT2D eigenvalue weighted by Gasteiger charge is 2.31. The monoisotopic (exact) mass is 337 g/mol. The number of hydrogen-bond donors (Lipinski definition) is 1. The molecule has 1 aromatic heterocycles. The molecule has 5 nitrogen and oxygen atoms in total. The van der Waals surface area contributed by atoms with Gasteiger partial charge in [-0.3, -0.25) is 4.79 Å². The topological polar surface area (TPSA) is 56.7 Å². The lowest BCUT2D eigenvalue weighted by atomic mass is 9.82. The molecule has 5 heteroatoms. The smallest absolute Gasteiger partial charge is 0.230 e. The van der Waals surface area contributed by atoms with Crippen LogP contribution in [0.5, 0.6) is 5.75 Å². The Bertz CT molecular complexity index is 752. The maximum atomic E-state index is 13.1. The summed E-state index contributed by atoms with van der Waals surface area (Å²) < 4.78 is 0. The molecule has 2 heterocycles. The van der Waals surface area contributed by atoms with Crippen molar-refractivity contribution in [2.45, 2.75) is 25.2 Å². The minimum Gasteiger partial charge on any atom is -0.506 e. The van der Waals surface area contributed by atoms with Crippen LogP contribution in [-0.4, -0.2) is 47.1 Å². The molecule has 1 aromatic carbocycles. The van der Waals surface area contributed by atoms with Crippen LogP contribution < -0.4 is 4.90 Å². The van der Waals surface area contributed by atoms with Gasteiger partial charge in [0, 0.05) is 26.2 Å². The van der Waals surface area contributed by atoms with Gasteiger partial charge in [-0.15, -0.1) is 0 Å². The first kappa shape index (κ1) is 15.9. The summed E-state index contributed by atoms with van der Waals surface area (Å²) in [7, 11) is 0. The van der Waals surface area contributed by atoms with Crippen molar-refractivity contribution in [2.75, 3.05) is 31.1 Å². The molecule has 130 valence electrons. The molecular formula is C20H23N3O2. The summed E-state index contributed by atoms with van der Waals surface area (Å²) in [6.07, 6.45) is 4.59. The van der Waals surface area contributed by atoms with E-state index in [-0.39, 0.29) is 17.6 Å². The second kappa shape index (κ2) is 6.75. The number of carbonyl (C=O) groups is 1. The Kier molecular flexibility index (Phi) is 4.30. The zero-order valence-corrected chi connectivity index (χ0v) is 14.3. The van der Waals surface area contributed by atoms with Crippen LogP contribution in [0.4, 0.5) is 5.82 Å². The largest absolute Gasteiger partial charge is 0.506 e. The third-order valence-electron chi connectivity index (χ3n) is 5.32. The molecule has 2 aliphatic rings. The average molecular weight is 337 g/mol. The van der Waals surface area contributed by atoms with Crippen molar-refractivity contribution in [3.05, 3.63) is 53.7 Å². The number of aromatic nitrogens is 1. The Balaban J connectivity index is 1.43. The summed E-state index contributed by atoms with van der Waals surface area (Å²) in [6.45, 7) is 3.00. The van der Waals surface area contributed by atoms with Crippen molar-refractivity contribution >= 4 is 11.7 Å². The number of piperazine rings is 1. The van der Waals surface area contributed by atoms with Crippen LogP contribution >= 0.6 is 0 Å². The van der Waals surface area contributed by atoms with E-state index >= 15 is 0 Å². The SMILES string of the molecule is O=C(C1CCCc2ccccc21)N1CCN(c2ccc(O)cn2)CC1. The Morgan fingerprint density at radius 2 is 1.88 bits per heavy atom. The Morgan fingerprint density at radius 3 is 2.64 bits per heavy atom. The number of nitrogens with zero attached hydrogens (tertiary/aromatic N) is 3. The predicted octanol–water partition coefficient (Wildman–Crippen LogP) is 2.56. The van der Waals surface area contributed by atoms with E-state index in [9.17, 15) is 9.90 Å². The number of fused-ring (bicyclic) bond motifs is 1. The van der Waals surface area contributed by atoms with Gasteiger partial charge in [-0.05, 0) is 42.5 Å². The first-order valence-electron chi connectivity index (χ1n) is 8.99. The van der Waals surface area contributed by atoms with Gasteiger partial charge in [-0.2, -0.15) is 0 Å². The summed E-state index contributed by atoms with van der Waals surface area (Å²) >= 11 is 0. The molecular weight excluding hydrogens is 314 g/mol. The third kappa shape index (κ3) is 3.18. The van der Waals surface area contributed by atoms with Gasteiger partial charge in [0.25, 0.3) is 0 Å². The minimum absolute atomic E-state index is 0.0169. The number of anilines is 1. The molecule has 1 amide bonds. The van der Waals surface area contributed by atoms with E-state index in [0.29, 0.717) is 0 Å². The Morgan fingerprint density at radius 1 is 1.08 bits per heavy atom. The summed E-state index contributed by atoms with van der Waals surface area (Å²) in [5, 5.41) is 9.36. The number of aryl methyl sites for hydroxylation is 1. The maximum absolute atomic E-state index is 13.1. The molecule has 1 fully saturated rings. The van der Waals surface area contributed by atoms with Gasteiger partial charge in [0.05, 0.1) is 12.1 Å². The van der Waals surface area contributed by atoms with E-state index in [0.717, 1.165) is 51.3 Å². The van der Waals surface area contributed by atoms with Crippen molar-refractivity contribution in [2.24, 2.45) is 0 Å². The highest BCUT2D eigenvalue weighted by atomic mass is 16.3. The fourth-order valence-electron chi connectivity index (χ4n) is 3.95. The molecule has 0 bridgehead atoms. The molecule has 0 saturated carbocycles.